The minimum atomic E-state index is -0.536. The van der Waals surface area contributed by atoms with Gasteiger partial charge in [0.25, 0.3) is 23.6 Å². The van der Waals surface area contributed by atoms with Crippen LogP contribution in [0.4, 0.5) is 0 Å². The molecule has 10 heteroatoms. The molecule has 0 aliphatic carbocycles. The molecule has 4 amide bonds. The van der Waals surface area contributed by atoms with Crippen molar-refractivity contribution in [3.05, 3.63) is 68.7 Å². The summed E-state index contributed by atoms with van der Waals surface area (Å²) in [5, 5.41) is 5.22. The molecule has 0 bridgehead atoms. The summed E-state index contributed by atoms with van der Waals surface area (Å²) in [6.07, 6.45) is 0. The molecule has 5 aromatic rings. The van der Waals surface area contributed by atoms with Crippen LogP contribution in [0.25, 0.3) is 43.1 Å². The van der Waals surface area contributed by atoms with Crippen molar-refractivity contribution in [1.82, 2.24) is 9.80 Å². The lowest BCUT2D eigenvalue weighted by Gasteiger charge is -2.30. The third-order valence-corrected chi connectivity index (χ3v) is 7.87. The highest BCUT2D eigenvalue weighted by atomic mass is 35.5. The number of rotatable bonds is 2. The van der Waals surface area contributed by atoms with Crippen LogP contribution in [0.5, 0.6) is 0 Å². The Morgan fingerprint density at radius 2 is 0.917 bits per heavy atom. The zero-order valence-electron chi connectivity index (χ0n) is 18.3. The summed E-state index contributed by atoms with van der Waals surface area (Å²) in [4.78, 5) is 54.5. The van der Waals surface area contributed by atoms with Crippen molar-refractivity contribution in [3.63, 3.8) is 0 Å². The first-order valence-corrected chi connectivity index (χ1v) is 11.8. The minimum absolute atomic E-state index is 0.241. The Bertz CT molecular complexity index is 1810. The van der Waals surface area contributed by atoms with Crippen molar-refractivity contribution < 1.29 is 19.2 Å². The number of nitrogens with two attached hydrogens (primary N) is 2. The average Bonchev–Trinajstić information content (AvgIpc) is 2.86. The van der Waals surface area contributed by atoms with Crippen LogP contribution < -0.4 is 11.5 Å². The maximum absolute atomic E-state index is 13.2. The molecule has 7 rings (SSSR count). The predicted octanol–water partition coefficient (Wildman–Crippen LogP) is 4.07. The van der Waals surface area contributed by atoms with E-state index in [1.807, 2.05) is 0 Å². The lowest BCUT2D eigenvalue weighted by molar-refractivity contribution is 0.0599. The number of imide groups is 2. The predicted molar refractivity (Wildman–Crippen MR) is 137 cm³/mol. The van der Waals surface area contributed by atoms with E-state index in [0.717, 1.165) is 9.80 Å². The topological polar surface area (TPSA) is 127 Å². The van der Waals surface area contributed by atoms with E-state index >= 15 is 0 Å². The van der Waals surface area contributed by atoms with Gasteiger partial charge in [0, 0.05) is 48.1 Å². The average molecular weight is 517 g/mol. The molecule has 0 spiro atoms. The molecule has 176 valence electrons. The van der Waals surface area contributed by atoms with Crippen LogP contribution in [0.1, 0.15) is 41.4 Å². The number of nitrogens with zero attached hydrogens (tertiary/aromatic N) is 2. The Balaban J connectivity index is 1.77. The third-order valence-electron chi connectivity index (χ3n) is 7.28. The normalized spacial score (nSPS) is 15.6. The summed E-state index contributed by atoms with van der Waals surface area (Å²) in [7, 11) is 0. The Labute approximate surface area is 212 Å². The van der Waals surface area contributed by atoms with Crippen LogP contribution in [0.2, 0.25) is 10.0 Å². The van der Waals surface area contributed by atoms with Crippen molar-refractivity contribution in [1.29, 1.82) is 0 Å². The number of carbonyl (C=O) groups is 4. The van der Waals surface area contributed by atoms with Gasteiger partial charge in [-0.2, -0.15) is 0 Å². The number of halogens is 2. The molecule has 0 aromatic heterocycles. The van der Waals surface area contributed by atoms with Crippen LogP contribution in [0.3, 0.4) is 0 Å². The first kappa shape index (κ1) is 21.5. The van der Waals surface area contributed by atoms with Crippen molar-refractivity contribution in [2.75, 3.05) is 13.3 Å². The highest BCUT2D eigenvalue weighted by molar-refractivity contribution is 6.51. The quantitative estimate of drug-likeness (QED) is 0.207. The summed E-state index contributed by atoms with van der Waals surface area (Å²) in [5.41, 5.74) is 12.6. The van der Waals surface area contributed by atoms with Gasteiger partial charge < -0.3 is 11.5 Å². The molecule has 0 saturated carbocycles. The number of hydrogen-bond acceptors (Lipinski definition) is 6. The van der Waals surface area contributed by atoms with Crippen molar-refractivity contribution in [3.8, 4) is 0 Å². The molecule has 0 fully saturated rings. The Morgan fingerprint density at radius 3 is 1.33 bits per heavy atom. The molecule has 8 nitrogen and oxygen atoms in total. The molecular weight excluding hydrogens is 503 g/mol. The Morgan fingerprint density at radius 1 is 0.528 bits per heavy atom. The monoisotopic (exact) mass is 516 g/mol. The van der Waals surface area contributed by atoms with Gasteiger partial charge in [-0.1, -0.05) is 35.3 Å². The summed E-state index contributed by atoms with van der Waals surface area (Å²) in [6.45, 7) is -0.526. The fourth-order valence-corrected chi connectivity index (χ4v) is 6.41. The molecule has 0 saturated heterocycles. The molecule has 2 aliphatic heterocycles. The molecular formula is C26H14Cl2N4O4. The van der Waals surface area contributed by atoms with Crippen LogP contribution in [0.15, 0.2) is 36.4 Å². The van der Waals surface area contributed by atoms with Gasteiger partial charge in [0.2, 0.25) is 0 Å². The van der Waals surface area contributed by atoms with Gasteiger partial charge >= 0.3 is 0 Å². The Kier molecular flexibility index (Phi) is 4.11. The fraction of sp³-hybridized carbons (Fsp3) is 0.0769. The second kappa shape index (κ2) is 6.89. The fourth-order valence-electron chi connectivity index (χ4n) is 5.80. The summed E-state index contributed by atoms with van der Waals surface area (Å²) >= 11 is 13.6. The van der Waals surface area contributed by atoms with Crippen molar-refractivity contribution in [2.24, 2.45) is 11.5 Å². The van der Waals surface area contributed by atoms with Gasteiger partial charge in [0.05, 0.1) is 24.5 Å². The summed E-state index contributed by atoms with van der Waals surface area (Å²) < 4.78 is 0. The first-order chi connectivity index (χ1) is 17.3. The van der Waals surface area contributed by atoms with E-state index in [1.54, 1.807) is 24.3 Å². The van der Waals surface area contributed by atoms with Gasteiger partial charge in [-0.3, -0.25) is 29.0 Å². The van der Waals surface area contributed by atoms with Crippen LogP contribution in [0, 0.1) is 0 Å². The van der Waals surface area contributed by atoms with Crippen LogP contribution in [-0.2, 0) is 0 Å². The smallest absolute Gasteiger partial charge is 0.262 e. The largest absolute Gasteiger partial charge is 0.313 e. The number of fused-ring (bicyclic) bond motifs is 2. The maximum atomic E-state index is 13.2. The molecule has 36 heavy (non-hydrogen) atoms. The van der Waals surface area contributed by atoms with Crippen molar-refractivity contribution >= 4 is 89.9 Å². The zero-order valence-corrected chi connectivity index (χ0v) is 19.8. The number of hydrogen-bond donors (Lipinski definition) is 2. The van der Waals surface area contributed by atoms with E-state index in [0.29, 0.717) is 54.2 Å². The molecule has 2 aliphatic rings. The lowest BCUT2D eigenvalue weighted by atomic mass is 9.82. The van der Waals surface area contributed by atoms with E-state index in [4.69, 9.17) is 34.7 Å². The number of carbonyl (C=O) groups excluding carboxylic acids is 4. The maximum Gasteiger partial charge on any atom is 0.262 e. The molecule has 0 atom stereocenters. The molecule has 0 unspecified atom stereocenters. The van der Waals surface area contributed by atoms with E-state index in [-0.39, 0.29) is 34.5 Å². The van der Waals surface area contributed by atoms with Gasteiger partial charge in [-0.15, -0.1) is 0 Å². The summed E-state index contributed by atoms with van der Waals surface area (Å²) in [5.74, 6) is -2.04. The zero-order chi connectivity index (χ0) is 25.2. The molecule has 0 radical (unpaired) electrons. The van der Waals surface area contributed by atoms with E-state index in [9.17, 15) is 19.2 Å². The van der Waals surface area contributed by atoms with E-state index in [1.165, 1.54) is 12.1 Å². The second-order valence-electron chi connectivity index (χ2n) is 8.83. The highest BCUT2D eigenvalue weighted by Crippen LogP contribution is 2.50. The van der Waals surface area contributed by atoms with Crippen LogP contribution in [-0.4, -0.2) is 46.8 Å². The highest BCUT2D eigenvalue weighted by Gasteiger charge is 2.37. The van der Waals surface area contributed by atoms with Gasteiger partial charge in [0.1, 0.15) is 0 Å². The number of benzene rings is 5. The van der Waals surface area contributed by atoms with Gasteiger partial charge in [-0.25, -0.2) is 0 Å². The molecule has 4 N–H and O–H groups in total. The first-order valence-electron chi connectivity index (χ1n) is 11.0. The third kappa shape index (κ3) is 2.28. The minimum Gasteiger partial charge on any atom is -0.313 e. The van der Waals surface area contributed by atoms with Crippen LogP contribution >= 0.6 is 23.2 Å². The number of amides is 4. The Hall–Kier alpha value is -3.82. The van der Waals surface area contributed by atoms with E-state index < -0.39 is 23.6 Å². The van der Waals surface area contributed by atoms with E-state index in [2.05, 4.69) is 0 Å². The lowest BCUT2D eigenvalue weighted by Crippen LogP contribution is -2.43. The SMILES string of the molecule is NCN1C(=O)c2ccc3c4c(Cl)cc5c6c(cc(Cl)c(c7ccc(c2c37)C1=O)c64)C(=O)N(CN)C5=O. The van der Waals surface area contributed by atoms with Crippen molar-refractivity contribution in [2.45, 2.75) is 0 Å². The molecule has 2 heterocycles. The second-order valence-corrected chi connectivity index (χ2v) is 9.64. The van der Waals surface area contributed by atoms with Gasteiger partial charge in [0.15, 0.2) is 0 Å². The van der Waals surface area contributed by atoms with Gasteiger partial charge in [-0.05, 0) is 40.4 Å². The standard InChI is InChI=1S/C26H14Cl2N4O4/c27-15-5-13-19-14(26(36)32(8-30)25(13)35)6-16(28)21-10-2-4-12-18-11(23(33)31(7-29)24(12)34)3-1-9(17(10)18)20(15)22(19)21/h1-6H,7-8,29-30H2. The summed E-state index contributed by atoms with van der Waals surface area (Å²) in [6, 6.07) is 9.88. The molecule has 5 aromatic carbocycles.